The molecular formula is C13H13ClN2O3. The highest BCUT2D eigenvalue weighted by molar-refractivity contribution is 6.30. The van der Waals surface area contributed by atoms with Crippen molar-refractivity contribution in [3.63, 3.8) is 0 Å². The summed E-state index contributed by atoms with van der Waals surface area (Å²) in [6, 6.07) is 5.79. The van der Waals surface area contributed by atoms with Crippen molar-refractivity contribution in [2.75, 3.05) is 5.32 Å². The van der Waals surface area contributed by atoms with Gasteiger partial charge < -0.3 is 5.32 Å². The second-order valence-corrected chi connectivity index (χ2v) is 4.77. The van der Waals surface area contributed by atoms with E-state index in [1.54, 1.807) is 24.3 Å². The molecule has 1 fully saturated rings. The van der Waals surface area contributed by atoms with Crippen LogP contribution in [0.4, 0.5) is 5.69 Å². The molecule has 1 aliphatic heterocycles. The minimum Gasteiger partial charge on any atom is -0.324 e. The van der Waals surface area contributed by atoms with Gasteiger partial charge in [0, 0.05) is 23.6 Å². The van der Waals surface area contributed by atoms with Crippen LogP contribution in [0.15, 0.2) is 24.3 Å². The Labute approximate surface area is 115 Å². The van der Waals surface area contributed by atoms with Gasteiger partial charge in [0.2, 0.25) is 17.7 Å². The number of rotatable bonds is 3. The Morgan fingerprint density at radius 3 is 2.26 bits per heavy atom. The zero-order valence-electron chi connectivity index (χ0n) is 10.4. The summed E-state index contributed by atoms with van der Waals surface area (Å²) in [5.74, 6) is -1.00. The molecule has 1 aromatic carbocycles. The number of hydrogen-bond donors (Lipinski definition) is 1. The number of amides is 3. The number of halogens is 1. The lowest BCUT2D eigenvalue weighted by atomic mass is 10.2. The summed E-state index contributed by atoms with van der Waals surface area (Å²) in [5, 5.41) is 3.21. The van der Waals surface area contributed by atoms with E-state index in [1.165, 1.54) is 6.92 Å². The normalized spacial score (nSPS) is 16.6. The van der Waals surface area contributed by atoms with Crippen molar-refractivity contribution in [1.82, 2.24) is 4.90 Å². The number of hydrogen-bond acceptors (Lipinski definition) is 3. The van der Waals surface area contributed by atoms with Crippen molar-refractivity contribution in [1.29, 1.82) is 0 Å². The number of carbonyl (C=O) groups is 3. The van der Waals surface area contributed by atoms with Crippen molar-refractivity contribution in [3.8, 4) is 0 Å². The molecule has 0 aliphatic carbocycles. The molecule has 6 heteroatoms. The Hall–Kier alpha value is -1.88. The third-order valence-corrected chi connectivity index (χ3v) is 3.22. The van der Waals surface area contributed by atoms with Gasteiger partial charge in [0.1, 0.15) is 6.04 Å². The number of nitrogens with one attached hydrogen (secondary N) is 1. The second-order valence-electron chi connectivity index (χ2n) is 4.33. The van der Waals surface area contributed by atoms with E-state index in [4.69, 9.17) is 11.6 Å². The molecule has 2 rings (SSSR count). The maximum absolute atomic E-state index is 12.0. The van der Waals surface area contributed by atoms with Crippen molar-refractivity contribution >= 4 is 35.0 Å². The number of nitrogens with zero attached hydrogens (tertiary/aromatic N) is 1. The fraction of sp³-hybridized carbons (Fsp3) is 0.308. The maximum atomic E-state index is 12.0. The van der Waals surface area contributed by atoms with Crippen LogP contribution in [0, 0.1) is 0 Å². The molecule has 1 heterocycles. The lowest BCUT2D eigenvalue weighted by Gasteiger charge is -2.21. The summed E-state index contributed by atoms with van der Waals surface area (Å²) in [7, 11) is 0. The van der Waals surface area contributed by atoms with Crippen LogP contribution < -0.4 is 5.32 Å². The Kier molecular flexibility index (Phi) is 3.85. The summed E-state index contributed by atoms with van der Waals surface area (Å²) in [6.45, 7) is 1.53. The van der Waals surface area contributed by atoms with E-state index in [0.29, 0.717) is 10.7 Å². The van der Waals surface area contributed by atoms with Gasteiger partial charge >= 0.3 is 0 Å². The molecule has 0 aromatic heterocycles. The number of carbonyl (C=O) groups excluding carboxylic acids is 3. The third-order valence-electron chi connectivity index (χ3n) is 2.97. The predicted octanol–water partition coefficient (Wildman–Crippen LogP) is 1.82. The van der Waals surface area contributed by atoms with Gasteiger partial charge in [-0.25, -0.2) is 0 Å². The number of likely N-dealkylation sites (tertiary alicyclic amines) is 1. The summed E-state index contributed by atoms with van der Waals surface area (Å²) in [5.41, 5.74) is 0.570. The zero-order valence-corrected chi connectivity index (χ0v) is 11.1. The van der Waals surface area contributed by atoms with Crippen LogP contribution >= 0.6 is 11.6 Å². The molecule has 3 amide bonds. The third kappa shape index (κ3) is 2.93. The van der Waals surface area contributed by atoms with E-state index in [1.807, 2.05) is 0 Å². The molecule has 1 atom stereocenters. The van der Waals surface area contributed by atoms with Crippen LogP contribution in [0.25, 0.3) is 0 Å². The highest BCUT2D eigenvalue weighted by Gasteiger charge is 2.36. The summed E-state index contributed by atoms with van der Waals surface area (Å²) in [4.78, 5) is 36.1. The van der Waals surface area contributed by atoms with E-state index >= 15 is 0 Å². The highest BCUT2D eigenvalue weighted by atomic mass is 35.5. The lowest BCUT2D eigenvalue weighted by Crippen LogP contribution is -2.44. The molecule has 0 spiro atoms. The number of benzene rings is 1. The van der Waals surface area contributed by atoms with Gasteiger partial charge in [0.05, 0.1) is 0 Å². The minimum atomic E-state index is -0.807. The van der Waals surface area contributed by atoms with Crippen molar-refractivity contribution in [3.05, 3.63) is 29.3 Å². The lowest BCUT2D eigenvalue weighted by molar-refractivity contribution is -0.144. The molecule has 19 heavy (non-hydrogen) atoms. The molecule has 0 saturated carbocycles. The van der Waals surface area contributed by atoms with Gasteiger partial charge in [-0.05, 0) is 31.2 Å². The van der Waals surface area contributed by atoms with Crippen molar-refractivity contribution in [2.24, 2.45) is 0 Å². The summed E-state index contributed by atoms with van der Waals surface area (Å²) >= 11 is 5.74. The molecule has 1 aliphatic rings. The van der Waals surface area contributed by atoms with Gasteiger partial charge in [0.25, 0.3) is 0 Å². The molecule has 1 saturated heterocycles. The molecule has 5 nitrogen and oxygen atoms in total. The van der Waals surface area contributed by atoms with Crippen LogP contribution in [0.2, 0.25) is 5.02 Å². The SMILES string of the molecule is CC(C(=O)Nc1ccc(Cl)cc1)N1C(=O)CCC1=O. The topological polar surface area (TPSA) is 66.5 Å². The maximum Gasteiger partial charge on any atom is 0.247 e. The van der Waals surface area contributed by atoms with E-state index in [9.17, 15) is 14.4 Å². The van der Waals surface area contributed by atoms with Gasteiger partial charge in [-0.15, -0.1) is 0 Å². The fourth-order valence-electron chi connectivity index (χ4n) is 1.92. The molecule has 1 N–H and O–H groups in total. The van der Waals surface area contributed by atoms with Crippen LogP contribution in [0.1, 0.15) is 19.8 Å². The number of anilines is 1. The van der Waals surface area contributed by atoms with Crippen molar-refractivity contribution in [2.45, 2.75) is 25.8 Å². The molecule has 0 bridgehead atoms. The first-order valence-corrected chi connectivity index (χ1v) is 6.28. The average Bonchev–Trinajstić information content (AvgIpc) is 2.71. The predicted molar refractivity (Wildman–Crippen MR) is 70.6 cm³/mol. The van der Waals surface area contributed by atoms with Crippen LogP contribution in [0.5, 0.6) is 0 Å². The highest BCUT2D eigenvalue weighted by Crippen LogP contribution is 2.18. The Balaban J connectivity index is 2.05. The first kappa shape index (κ1) is 13.5. The monoisotopic (exact) mass is 280 g/mol. The smallest absolute Gasteiger partial charge is 0.247 e. The summed E-state index contributed by atoms with van der Waals surface area (Å²) in [6.07, 6.45) is 0.356. The Bertz CT molecular complexity index is 511. The van der Waals surface area contributed by atoms with Gasteiger partial charge in [0.15, 0.2) is 0 Å². The van der Waals surface area contributed by atoms with Crippen LogP contribution in [-0.4, -0.2) is 28.7 Å². The van der Waals surface area contributed by atoms with Crippen molar-refractivity contribution < 1.29 is 14.4 Å². The molecule has 1 aromatic rings. The van der Waals surface area contributed by atoms with Crippen LogP contribution in [0.3, 0.4) is 0 Å². The minimum absolute atomic E-state index is 0.178. The Morgan fingerprint density at radius 2 is 1.74 bits per heavy atom. The summed E-state index contributed by atoms with van der Waals surface area (Å²) < 4.78 is 0. The Morgan fingerprint density at radius 1 is 1.21 bits per heavy atom. The van der Waals surface area contributed by atoms with Crippen LogP contribution in [-0.2, 0) is 14.4 Å². The molecule has 1 unspecified atom stereocenters. The number of imide groups is 1. The average molecular weight is 281 g/mol. The van der Waals surface area contributed by atoms with E-state index in [2.05, 4.69) is 5.32 Å². The largest absolute Gasteiger partial charge is 0.324 e. The van der Waals surface area contributed by atoms with Gasteiger partial charge in [-0.2, -0.15) is 0 Å². The quantitative estimate of drug-likeness (QED) is 0.859. The molecular weight excluding hydrogens is 268 g/mol. The standard InChI is InChI=1S/C13H13ClN2O3/c1-8(16-11(17)6-7-12(16)18)13(19)15-10-4-2-9(14)3-5-10/h2-5,8H,6-7H2,1H3,(H,15,19). The van der Waals surface area contributed by atoms with Gasteiger partial charge in [-0.1, -0.05) is 11.6 Å². The zero-order chi connectivity index (χ0) is 14.0. The van der Waals surface area contributed by atoms with E-state index < -0.39 is 11.9 Å². The fourth-order valence-corrected chi connectivity index (χ4v) is 2.05. The van der Waals surface area contributed by atoms with Gasteiger partial charge in [-0.3, -0.25) is 19.3 Å². The molecule has 0 radical (unpaired) electrons. The molecule has 100 valence electrons. The first-order valence-electron chi connectivity index (χ1n) is 5.90. The first-order chi connectivity index (χ1) is 8.99. The second kappa shape index (κ2) is 5.40. The van der Waals surface area contributed by atoms with E-state index in [0.717, 1.165) is 4.90 Å². The van der Waals surface area contributed by atoms with E-state index in [-0.39, 0.29) is 24.7 Å².